The molecule has 0 atom stereocenters. The van der Waals surface area contributed by atoms with E-state index in [2.05, 4.69) is 15.3 Å². The number of nitrogens with zero attached hydrogens (tertiary/aromatic N) is 2. The van der Waals surface area contributed by atoms with Crippen LogP contribution >= 0.6 is 12.2 Å². The van der Waals surface area contributed by atoms with Crippen LogP contribution in [0.25, 0.3) is 0 Å². The van der Waals surface area contributed by atoms with Crippen LogP contribution in [-0.4, -0.2) is 21.5 Å². The first-order valence-corrected chi connectivity index (χ1v) is 6.53. The van der Waals surface area contributed by atoms with Crippen LogP contribution in [0.4, 0.5) is 5.95 Å². The van der Waals surface area contributed by atoms with E-state index in [4.69, 9.17) is 18.0 Å². The Morgan fingerprint density at radius 2 is 2.18 bits per heavy atom. The van der Waals surface area contributed by atoms with Gasteiger partial charge in [0.05, 0.1) is 0 Å². The Hall–Kier alpha value is -1.23. The van der Waals surface area contributed by atoms with Crippen molar-refractivity contribution in [2.75, 3.05) is 11.9 Å². The van der Waals surface area contributed by atoms with Crippen molar-refractivity contribution < 1.29 is 0 Å². The fourth-order valence-corrected chi connectivity index (χ4v) is 2.32. The predicted molar refractivity (Wildman–Crippen MR) is 73.0 cm³/mol. The van der Waals surface area contributed by atoms with Crippen molar-refractivity contribution >= 4 is 23.2 Å². The third-order valence-corrected chi connectivity index (χ3v) is 3.39. The van der Waals surface area contributed by atoms with Crippen LogP contribution in [0.5, 0.6) is 0 Å². The summed E-state index contributed by atoms with van der Waals surface area (Å²) in [6.07, 6.45) is 8.37. The zero-order valence-corrected chi connectivity index (χ0v) is 10.7. The molecule has 0 bridgehead atoms. The molecule has 1 saturated carbocycles. The average molecular weight is 250 g/mol. The van der Waals surface area contributed by atoms with Crippen molar-refractivity contribution in [2.24, 2.45) is 11.7 Å². The number of nitrogens with one attached hydrogen (secondary N) is 1. The molecular formula is C12H18N4S. The number of aromatic nitrogens is 2. The number of rotatable bonds is 4. The Bertz CT molecular complexity index is 388. The molecule has 3 N–H and O–H groups in total. The van der Waals surface area contributed by atoms with Gasteiger partial charge in [-0.25, -0.2) is 9.97 Å². The first-order valence-electron chi connectivity index (χ1n) is 6.12. The topological polar surface area (TPSA) is 63.8 Å². The maximum absolute atomic E-state index is 5.53. The van der Waals surface area contributed by atoms with Gasteiger partial charge < -0.3 is 11.1 Å². The molecule has 1 fully saturated rings. The lowest BCUT2D eigenvalue weighted by Crippen LogP contribution is -2.19. The Kier molecular flexibility index (Phi) is 4.25. The van der Waals surface area contributed by atoms with Crippen LogP contribution in [0.3, 0.4) is 0 Å². The fourth-order valence-electron chi connectivity index (χ4n) is 2.21. The monoisotopic (exact) mass is 250 g/mol. The summed E-state index contributed by atoms with van der Waals surface area (Å²) in [4.78, 5) is 8.75. The van der Waals surface area contributed by atoms with E-state index in [-0.39, 0.29) is 0 Å². The minimum absolute atomic E-state index is 0.313. The van der Waals surface area contributed by atoms with Gasteiger partial charge in [0.1, 0.15) is 10.7 Å². The molecule has 1 aromatic rings. The SMILES string of the molecule is NC(=S)c1ccnc(NCC2CCCCC2)n1. The molecule has 0 spiro atoms. The summed E-state index contributed by atoms with van der Waals surface area (Å²) in [5.41, 5.74) is 6.16. The number of hydrogen-bond acceptors (Lipinski definition) is 4. The molecule has 1 aromatic heterocycles. The average Bonchev–Trinajstić information content (AvgIpc) is 2.38. The van der Waals surface area contributed by atoms with E-state index < -0.39 is 0 Å². The molecule has 1 aliphatic carbocycles. The smallest absolute Gasteiger partial charge is 0.223 e. The molecule has 17 heavy (non-hydrogen) atoms. The standard InChI is InChI=1S/C12H18N4S/c13-11(17)10-6-7-14-12(16-10)15-8-9-4-2-1-3-5-9/h6-7,9H,1-5,8H2,(H2,13,17)(H,14,15,16). The minimum atomic E-state index is 0.313. The quantitative estimate of drug-likeness (QED) is 0.801. The van der Waals surface area contributed by atoms with Gasteiger partial charge in [0, 0.05) is 12.7 Å². The summed E-state index contributed by atoms with van der Waals surface area (Å²) in [6, 6.07) is 1.73. The van der Waals surface area contributed by atoms with E-state index in [1.165, 1.54) is 32.1 Å². The number of anilines is 1. The maximum Gasteiger partial charge on any atom is 0.223 e. The molecule has 2 rings (SSSR count). The van der Waals surface area contributed by atoms with Gasteiger partial charge in [-0.3, -0.25) is 0 Å². The van der Waals surface area contributed by atoms with E-state index in [0.717, 1.165) is 12.5 Å². The first kappa shape index (κ1) is 12.2. The second-order valence-electron chi connectivity index (χ2n) is 4.51. The number of thiocarbonyl (C=S) groups is 1. The van der Waals surface area contributed by atoms with Gasteiger partial charge >= 0.3 is 0 Å². The summed E-state index contributed by atoms with van der Waals surface area (Å²) >= 11 is 4.89. The molecule has 0 radical (unpaired) electrons. The van der Waals surface area contributed by atoms with Crippen molar-refractivity contribution in [3.05, 3.63) is 18.0 Å². The molecular weight excluding hydrogens is 232 g/mol. The highest BCUT2D eigenvalue weighted by Gasteiger charge is 2.13. The Balaban J connectivity index is 1.89. The molecule has 0 aromatic carbocycles. The van der Waals surface area contributed by atoms with Crippen LogP contribution < -0.4 is 11.1 Å². The highest BCUT2D eigenvalue weighted by molar-refractivity contribution is 7.80. The van der Waals surface area contributed by atoms with Gasteiger partial charge in [-0.15, -0.1) is 0 Å². The Morgan fingerprint density at radius 3 is 2.88 bits per heavy atom. The summed E-state index contributed by atoms with van der Waals surface area (Å²) < 4.78 is 0. The largest absolute Gasteiger partial charge is 0.388 e. The van der Waals surface area contributed by atoms with Gasteiger partial charge in [0.25, 0.3) is 0 Å². The Morgan fingerprint density at radius 1 is 1.41 bits per heavy atom. The van der Waals surface area contributed by atoms with Crippen molar-refractivity contribution in [1.82, 2.24) is 9.97 Å². The second-order valence-corrected chi connectivity index (χ2v) is 4.95. The first-order chi connectivity index (χ1) is 8.25. The lowest BCUT2D eigenvalue weighted by molar-refractivity contribution is 0.373. The summed E-state index contributed by atoms with van der Waals surface area (Å²) in [6.45, 7) is 0.945. The number of hydrogen-bond donors (Lipinski definition) is 2. The summed E-state index contributed by atoms with van der Waals surface area (Å²) in [5.74, 6) is 1.38. The Labute approximate surface area is 107 Å². The normalized spacial score (nSPS) is 16.7. The lowest BCUT2D eigenvalue weighted by atomic mass is 9.89. The van der Waals surface area contributed by atoms with E-state index in [1.54, 1.807) is 12.3 Å². The number of nitrogens with two attached hydrogens (primary N) is 1. The van der Waals surface area contributed by atoms with E-state index in [0.29, 0.717) is 16.6 Å². The molecule has 5 heteroatoms. The van der Waals surface area contributed by atoms with Crippen molar-refractivity contribution in [2.45, 2.75) is 32.1 Å². The van der Waals surface area contributed by atoms with Crippen LogP contribution in [0, 0.1) is 5.92 Å². The van der Waals surface area contributed by atoms with E-state index in [9.17, 15) is 0 Å². The molecule has 0 unspecified atom stereocenters. The third kappa shape index (κ3) is 3.63. The van der Waals surface area contributed by atoms with Gasteiger partial charge in [-0.1, -0.05) is 31.5 Å². The molecule has 1 aliphatic rings. The zero-order valence-electron chi connectivity index (χ0n) is 9.85. The van der Waals surface area contributed by atoms with E-state index >= 15 is 0 Å². The molecule has 0 saturated heterocycles. The van der Waals surface area contributed by atoms with Crippen molar-refractivity contribution in [3.8, 4) is 0 Å². The molecule has 4 nitrogen and oxygen atoms in total. The second kappa shape index (κ2) is 5.91. The lowest BCUT2D eigenvalue weighted by Gasteiger charge is -2.21. The summed E-state index contributed by atoms with van der Waals surface area (Å²) in [5, 5.41) is 3.27. The van der Waals surface area contributed by atoms with Gasteiger partial charge in [0.2, 0.25) is 5.95 Å². The highest BCUT2D eigenvalue weighted by atomic mass is 32.1. The van der Waals surface area contributed by atoms with E-state index in [1.807, 2.05) is 0 Å². The molecule has 1 heterocycles. The van der Waals surface area contributed by atoms with Crippen LogP contribution in [0.15, 0.2) is 12.3 Å². The molecule has 0 amide bonds. The highest BCUT2D eigenvalue weighted by Crippen LogP contribution is 2.23. The van der Waals surface area contributed by atoms with Crippen LogP contribution in [-0.2, 0) is 0 Å². The van der Waals surface area contributed by atoms with Crippen molar-refractivity contribution in [3.63, 3.8) is 0 Å². The maximum atomic E-state index is 5.53. The minimum Gasteiger partial charge on any atom is -0.388 e. The third-order valence-electron chi connectivity index (χ3n) is 3.18. The van der Waals surface area contributed by atoms with Crippen LogP contribution in [0.1, 0.15) is 37.8 Å². The molecule has 92 valence electrons. The fraction of sp³-hybridized carbons (Fsp3) is 0.583. The summed E-state index contributed by atoms with van der Waals surface area (Å²) in [7, 11) is 0. The zero-order chi connectivity index (χ0) is 12.1. The van der Waals surface area contributed by atoms with Gasteiger partial charge in [-0.2, -0.15) is 0 Å². The predicted octanol–water partition coefficient (Wildman–Crippen LogP) is 2.10. The van der Waals surface area contributed by atoms with Gasteiger partial charge in [-0.05, 0) is 24.8 Å². The van der Waals surface area contributed by atoms with Gasteiger partial charge in [0.15, 0.2) is 0 Å². The van der Waals surface area contributed by atoms with Crippen LogP contribution in [0.2, 0.25) is 0 Å². The van der Waals surface area contributed by atoms with Crippen molar-refractivity contribution in [1.29, 1.82) is 0 Å². The molecule has 0 aliphatic heterocycles.